The predicted octanol–water partition coefficient (Wildman–Crippen LogP) is 5.21. The van der Waals surface area contributed by atoms with Gasteiger partial charge in [0.2, 0.25) is 5.43 Å². The third-order valence-corrected chi connectivity index (χ3v) is 6.59. The first-order valence-electron chi connectivity index (χ1n) is 10.1. The Hall–Kier alpha value is -3.58. The lowest BCUT2D eigenvalue weighted by molar-refractivity contribution is 0.159. The van der Waals surface area contributed by atoms with Crippen LogP contribution in [0.5, 0.6) is 11.5 Å². The minimum Gasteiger partial charge on any atom is -0.483 e. The van der Waals surface area contributed by atoms with Crippen LogP contribution in [0, 0.1) is 6.92 Å². The summed E-state index contributed by atoms with van der Waals surface area (Å²) in [6.45, 7) is 5.60. The maximum Gasteiger partial charge on any atom is 0.339 e. The standard InChI is InChI=1S/C25H20O6S/c1-15-8-10-16(11-9-15)32(27,28)31-24-18-12-13-25(2,3)30-20(18)14-21-22(24)23(26)17-6-4-5-7-19(17)29-21/h4-14H,1-3H3. The highest BCUT2D eigenvalue weighted by Crippen LogP contribution is 2.43. The molecule has 0 saturated heterocycles. The van der Waals surface area contributed by atoms with Crippen LogP contribution < -0.4 is 14.3 Å². The summed E-state index contributed by atoms with van der Waals surface area (Å²) in [7, 11) is -4.22. The van der Waals surface area contributed by atoms with E-state index in [9.17, 15) is 13.2 Å². The monoisotopic (exact) mass is 448 g/mol. The summed E-state index contributed by atoms with van der Waals surface area (Å²) in [5.74, 6) is 0.266. The van der Waals surface area contributed by atoms with Crippen molar-refractivity contribution in [3.63, 3.8) is 0 Å². The first-order chi connectivity index (χ1) is 15.1. The van der Waals surface area contributed by atoms with E-state index < -0.39 is 15.7 Å². The van der Waals surface area contributed by atoms with Crippen molar-refractivity contribution < 1.29 is 21.8 Å². The van der Waals surface area contributed by atoms with E-state index >= 15 is 0 Å². The van der Waals surface area contributed by atoms with Crippen LogP contribution in [0.25, 0.3) is 28.0 Å². The zero-order valence-corrected chi connectivity index (χ0v) is 18.5. The van der Waals surface area contributed by atoms with Gasteiger partial charge >= 0.3 is 10.1 Å². The highest BCUT2D eigenvalue weighted by molar-refractivity contribution is 7.87. The van der Waals surface area contributed by atoms with E-state index in [1.165, 1.54) is 12.1 Å². The van der Waals surface area contributed by atoms with Crippen molar-refractivity contribution in [1.82, 2.24) is 0 Å². The average Bonchev–Trinajstić information content (AvgIpc) is 2.73. The predicted molar refractivity (Wildman–Crippen MR) is 123 cm³/mol. The summed E-state index contributed by atoms with van der Waals surface area (Å²) in [6, 6.07) is 14.7. The lowest BCUT2D eigenvalue weighted by Gasteiger charge is -2.29. The SMILES string of the molecule is Cc1ccc(S(=O)(=O)Oc2c3c(cc4oc5ccccc5c(=O)c24)OC(C)(C)C=C3)cc1. The first-order valence-corrected chi connectivity index (χ1v) is 11.5. The lowest BCUT2D eigenvalue weighted by Crippen LogP contribution is -2.28. The van der Waals surface area contributed by atoms with Gasteiger partial charge in [0.15, 0.2) is 5.75 Å². The minimum atomic E-state index is -4.22. The molecule has 6 nitrogen and oxygen atoms in total. The fourth-order valence-corrected chi connectivity index (χ4v) is 4.67. The zero-order chi connectivity index (χ0) is 22.7. The first kappa shape index (κ1) is 20.3. The van der Waals surface area contributed by atoms with Gasteiger partial charge in [-0.3, -0.25) is 4.79 Å². The van der Waals surface area contributed by atoms with Crippen LogP contribution in [0.1, 0.15) is 25.0 Å². The molecular weight excluding hydrogens is 428 g/mol. The molecule has 0 radical (unpaired) electrons. The van der Waals surface area contributed by atoms with Crippen LogP contribution in [0.3, 0.4) is 0 Å². The molecule has 5 rings (SSSR count). The van der Waals surface area contributed by atoms with Gasteiger partial charge in [-0.1, -0.05) is 29.8 Å². The largest absolute Gasteiger partial charge is 0.483 e. The molecule has 0 atom stereocenters. The van der Waals surface area contributed by atoms with E-state index in [0.29, 0.717) is 22.3 Å². The normalized spacial score (nSPS) is 14.8. The highest BCUT2D eigenvalue weighted by atomic mass is 32.2. The molecule has 2 heterocycles. The Morgan fingerprint density at radius 2 is 1.69 bits per heavy atom. The molecule has 0 aliphatic carbocycles. The van der Waals surface area contributed by atoms with Crippen LogP contribution in [0.2, 0.25) is 0 Å². The molecule has 0 bridgehead atoms. The fourth-order valence-electron chi connectivity index (χ4n) is 3.71. The number of rotatable bonds is 3. The Balaban J connectivity index is 1.82. The molecule has 0 spiro atoms. The summed E-state index contributed by atoms with van der Waals surface area (Å²) in [5, 5.41) is 0.379. The van der Waals surface area contributed by atoms with Gasteiger partial charge in [-0.05, 0) is 57.2 Å². The maximum atomic E-state index is 13.4. The van der Waals surface area contributed by atoms with Gasteiger partial charge in [0.1, 0.15) is 32.8 Å². The van der Waals surface area contributed by atoms with Crippen molar-refractivity contribution in [2.45, 2.75) is 31.3 Å². The zero-order valence-electron chi connectivity index (χ0n) is 17.7. The quantitative estimate of drug-likeness (QED) is 0.316. The lowest BCUT2D eigenvalue weighted by atomic mass is 9.99. The van der Waals surface area contributed by atoms with E-state index in [0.717, 1.165) is 5.56 Å². The van der Waals surface area contributed by atoms with Crippen LogP contribution in [0.4, 0.5) is 0 Å². The molecule has 0 fully saturated rings. The van der Waals surface area contributed by atoms with Crippen molar-refractivity contribution in [1.29, 1.82) is 0 Å². The fraction of sp³-hybridized carbons (Fsp3) is 0.160. The van der Waals surface area contributed by atoms with Crippen molar-refractivity contribution >= 4 is 38.1 Å². The van der Waals surface area contributed by atoms with Gasteiger partial charge in [-0.15, -0.1) is 0 Å². The Bertz CT molecular complexity index is 1580. The summed E-state index contributed by atoms with van der Waals surface area (Å²) in [4.78, 5) is 13.4. The van der Waals surface area contributed by atoms with E-state index in [1.807, 2.05) is 20.8 Å². The topological polar surface area (TPSA) is 82.8 Å². The van der Waals surface area contributed by atoms with Crippen LogP contribution in [-0.2, 0) is 10.1 Å². The second-order valence-corrected chi connectivity index (χ2v) is 9.85. The summed E-state index contributed by atoms with van der Waals surface area (Å²) >= 11 is 0. The Labute approximate surface area is 184 Å². The smallest absolute Gasteiger partial charge is 0.339 e. The molecule has 32 heavy (non-hydrogen) atoms. The Morgan fingerprint density at radius 3 is 2.44 bits per heavy atom. The van der Waals surface area contributed by atoms with E-state index in [-0.39, 0.29) is 27.0 Å². The summed E-state index contributed by atoms with van der Waals surface area (Å²) < 4.78 is 43.9. The van der Waals surface area contributed by atoms with Crippen molar-refractivity contribution in [3.8, 4) is 11.5 Å². The van der Waals surface area contributed by atoms with Crippen molar-refractivity contribution in [2.75, 3.05) is 0 Å². The van der Waals surface area contributed by atoms with E-state index in [1.54, 1.807) is 54.6 Å². The number of hydrogen-bond acceptors (Lipinski definition) is 6. The number of fused-ring (bicyclic) bond motifs is 3. The molecular formula is C25H20O6S. The van der Waals surface area contributed by atoms with Crippen molar-refractivity contribution in [2.24, 2.45) is 0 Å². The Kier molecular flexibility index (Phi) is 4.43. The molecule has 1 aliphatic heterocycles. The van der Waals surface area contributed by atoms with Crippen LogP contribution in [-0.4, -0.2) is 14.0 Å². The molecule has 0 N–H and O–H groups in total. The second kappa shape index (κ2) is 6.97. The van der Waals surface area contributed by atoms with Crippen LogP contribution >= 0.6 is 0 Å². The molecule has 3 aromatic carbocycles. The molecule has 7 heteroatoms. The van der Waals surface area contributed by atoms with Crippen molar-refractivity contribution in [3.05, 3.63) is 82.0 Å². The summed E-state index contributed by atoms with van der Waals surface area (Å²) in [6.07, 6.45) is 3.50. The minimum absolute atomic E-state index is 0.0138. The Morgan fingerprint density at radius 1 is 0.969 bits per heavy atom. The third kappa shape index (κ3) is 3.35. The molecule has 1 aliphatic rings. The number of aryl methyl sites for hydroxylation is 1. The van der Waals surface area contributed by atoms with Gasteiger partial charge in [0, 0.05) is 6.07 Å². The number of hydrogen-bond donors (Lipinski definition) is 0. The van der Waals surface area contributed by atoms with Gasteiger partial charge in [-0.25, -0.2) is 0 Å². The van der Waals surface area contributed by atoms with E-state index in [4.69, 9.17) is 13.3 Å². The number of ether oxygens (including phenoxy) is 1. The molecule has 0 saturated carbocycles. The van der Waals surface area contributed by atoms with Gasteiger partial charge < -0.3 is 13.3 Å². The van der Waals surface area contributed by atoms with Gasteiger partial charge in [0.25, 0.3) is 0 Å². The number of para-hydroxylation sites is 1. The molecule has 162 valence electrons. The molecule has 1 aromatic heterocycles. The summed E-state index contributed by atoms with van der Waals surface area (Å²) in [5.41, 5.74) is 0.866. The highest BCUT2D eigenvalue weighted by Gasteiger charge is 2.30. The van der Waals surface area contributed by atoms with E-state index in [2.05, 4.69) is 0 Å². The van der Waals surface area contributed by atoms with Gasteiger partial charge in [0.05, 0.1) is 10.9 Å². The van der Waals surface area contributed by atoms with Crippen LogP contribution in [0.15, 0.2) is 74.8 Å². The third-order valence-electron chi connectivity index (χ3n) is 5.35. The second-order valence-electron chi connectivity index (χ2n) is 8.31. The molecule has 0 amide bonds. The number of benzene rings is 3. The van der Waals surface area contributed by atoms with Gasteiger partial charge in [-0.2, -0.15) is 8.42 Å². The molecule has 4 aromatic rings. The maximum absolute atomic E-state index is 13.4. The average molecular weight is 448 g/mol. The molecule has 0 unspecified atom stereocenters.